The molecule has 2 aromatic rings. The number of nitrogens with zero attached hydrogens (tertiary/aromatic N) is 2. The first kappa shape index (κ1) is 15.4. The average Bonchev–Trinajstić information content (AvgIpc) is 2.90. The van der Waals surface area contributed by atoms with Crippen LogP contribution in [0.25, 0.3) is 10.7 Å². The third-order valence-corrected chi connectivity index (χ3v) is 5.09. The Bertz CT molecular complexity index is 655. The molecular weight excluding hydrogens is 368 g/mol. The number of methoxy groups -OCH3 is 1. The second kappa shape index (κ2) is 6.72. The SMILES string of the molecule is COC1CC(NC(=O)Nc2cnc(-c3ccc(Br)s3)nc2)C1. The summed E-state index contributed by atoms with van der Waals surface area (Å²) < 4.78 is 6.21. The molecule has 0 aromatic carbocycles. The molecule has 0 saturated heterocycles. The van der Waals surface area contributed by atoms with Crippen LogP contribution >= 0.6 is 27.3 Å². The van der Waals surface area contributed by atoms with E-state index in [0.29, 0.717) is 11.5 Å². The summed E-state index contributed by atoms with van der Waals surface area (Å²) in [6.07, 6.45) is 5.18. The quantitative estimate of drug-likeness (QED) is 0.850. The molecule has 0 radical (unpaired) electrons. The van der Waals surface area contributed by atoms with Gasteiger partial charge in [0.15, 0.2) is 5.82 Å². The second-order valence-corrected chi connectivity index (χ2v) is 7.49. The predicted octanol–water partition coefficient (Wildman–Crippen LogP) is 3.27. The van der Waals surface area contributed by atoms with Crippen LogP contribution in [0.15, 0.2) is 28.3 Å². The predicted molar refractivity (Wildman–Crippen MR) is 89.0 cm³/mol. The standard InChI is InChI=1S/C14H15BrN4O2S/c1-21-10-4-8(5-10)18-14(20)19-9-6-16-13(17-7-9)11-2-3-12(15)22-11/h2-3,6-8,10H,4-5H2,1H3,(H2,18,19,20). The molecule has 0 spiro atoms. The number of carbonyl (C=O) groups excluding carboxylic acids is 1. The number of carbonyl (C=O) groups is 1. The Hall–Kier alpha value is -1.51. The molecule has 116 valence electrons. The number of thiophene rings is 1. The zero-order valence-electron chi connectivity index (χ0n) is 11.9. The maximum Gasteiger partial charge on any atom is 0.319 e. The number of nitrogens with one attached hydrogen (secondary N) is 2. The molecule has 6 nitrogen and oxygen atoms in total. The van der Waals surface area contributed by atoms with Gasteiger partial charge in [-0.3, -0.25) is 0 Å². The molecule has 1 fully saturated rings. The largest absolute Gasteiger partial charge is 0.381 e. The number of hydrogen-bond donors (Lipinski definition) is 2. The number of urea groups is 1. The Kier molecular flexibility index (Phi) is 4.70. The zero-order valence-corrected chi connectivity index (χ0v) is 14.3. The minimum absolute atomic E-state index is 0.175. The van der Waals surface area contributed by atoms with Crippen molar-refractivity contribution >= 4 is 39.0 Å². The van der Waals surface area contributed by atoms with Crippen LogP contribution in [0.3, 0.4) is 0 Å². The van der Waals surface area contributed by atoms with E-state index in [9.17, 15) is 4.79 Å². The smallest absolute Gasteiger partial charge is 0.319 e. The van der Waals surface area contributed by atoms with Gasteiger partial charge in [-0.1, -0.05) is 0 Å². The van der Waals surface area contributed by atoms with Crippen LogP contribution in [-0.4, -0.2) is 35.3 Å². The second-order valence-electron chi connectivity index (χ2n) is 5.02. The number of amides is 2. The molecule has 0 aliphatic heterocycles. The molecule has 3 rings (SSSR count). The van der Waals surface area contributed by atoms with Gasteiger partial charge in [0, 0.05) is 13.2 Å². The summed E-state index contributed by atoms with van der Waals surface area (Å²) in [5.74, 6) is 0.642. The van der Waals surface area contributed by atoms with Gasteiger partial charge in [0.25, 0.3) is 0 Å². The first-order chi connectivity index (χ1) is 10.6. The van der Waals surface area contributed by atoms with Crippen LogP contribution in [0.2, 0.25) is 0 Å². The fourth-order valence-corrected chi connectivity index (χ4v) is 3.52. The average molecular weight is 383 g/mol. The Morgan fingerprint density at radius 1 is 1.36 bits per heavy atom. The number of ether oxygens (including phenoxy) is 1. The summed E-state index contributed by atoms with van der Waals surface area (Å²) in [5.41, 5.74) is 0.569. The van der Waals surface area contributed by atoms with Crippen molar-refractivity contribution < 1.29 is 9.53 Å². The van der Waals surface area contributed by atoms with Crippen molar-refractivity contribution in [1.29, 1.82) is 0 Å². The van der Waals surface area contributed by atoms with Crippen molar-refractivity contribution in [1.82, 2.24) is 15.3 Å². The molecular formula is C14H15BrN4O2S. The lowest BCUT2D eigenvalue weighted by molar-refractivity contribution is 0.0210. The zero-order chi connectivity index (χ0) is 15.5. The molecule has 8 heteroatoms. The molecule has 2 heterocycles. The summed E-state index contributed by atoms with van der Waals surface area (Å²) in [6.45, 7) is 0. The van der Waals surface area contributed by atoms with Crippen LogP contribution < -0.4 is 10.6 Å². The minimum atomic E-state index is -0.241. The number of aromatic nitrogens is 2. The summed E-state index contributed by atoms with van der Waals surface area (Å²) >= 11 is 4.97. The molecule has 1 aliphatic rings. The molecule has 2 N–H and O–H groups in total. The van der Waals surface area contributed by atoms with E-state index in [4.69, 9.17) is 4.74 Å². The van der Waals surface area contributed by atoms with Crippen molar-refractivity contribution in [3.8, 4) is 10.7 Å². The highest BCUT2D eigenvalue weighted by Gasteiger charge is 2.30. The topological polar surface area (TPSA) is 76.1 Å². The van der Waals surface area contributed by atoms with Gasteiger partial charge in [0.2, 0.25) is 0 Å². The van der Waals surface area contributed by atoms with E-state index in [1.54, 1.807) is 30.8 Å². The molecule has 1 saturated carbocycles. The van der Waals surface area contributed by atoms with E-state index in [2.05, 4.69) is 36.5 Å². The third kappa shape index (κ3) is 3.63. The highest BCUT2D eigenvalue weighted by atomic mass is 79.9. The van der Waals surface area contributed by atoms with Crippen molar-refractivity contribution in [2.24, 2.45) is 0 Å². The minimum Gasteiger partial charge on any atom is -0.381 e. The van der Waals surface area contributed by atoms with E-state index >= 15 is 0 Å². The van der Waals surface area contributed by atoms with Crippen molar-refractivity contribution in [3.05, 3.63) is 28.3 Å². The van der Waals surface area contributed by atoms with Gasteiger partial charge in [-0.2, -0.15) is 0 Å². The molecule has 0 unspecified atom stereocenters. The van der Waals surface area contributed by atoms with E-state index in [1.165, 1.54) is 0 Å². The van der Waals surface area contributed by atoms with Gasteiger partial charge in [-0.25, -0.2) is 14.8 Å². The molecule has 2 aromatic heterocycles. The fourth-order valence-electron chi connectivity index (χ4n) is 2.18. The van der Waals surface area contributed by atoms with E-state index in [0.717, 1.165) is 21.5 Å². The molecule has 2 amide bonds. The number of anilines is 1. The van der Waals surface area contributed by atoms with Crippen molar-refractivity contribution in [3.63, 3.8) is 0 Å². The lowest BCUT2D eigenvalue weighted by Gasteiger charge is -2.34. The maximum absolute atomic E-state index is 11.8. The van der Waals surface area contributed by atoms with Gasteiger partial charge in [0.1, 0.15) is 0 Å². The highest BCUT2D eigenvalue weighted by Crippen LogP contribution is 2.29. The number of halogens is 1. The molecule has 1 aliphatic carbocycles. The molecule has 22 heavy (non-hydrogen) atoms. The lowest BCUT2D eigenvalue weighted by atomic mass is 9.89. The van der Waals surface area contributed by atoms with Crippen molar-refractivity contribution in [2.75, 3.05) is 12.4 Å². The Morgan fingerprint density at radius 2 is 2.09 bits per heavy atom. The van der Waals surface area contributed by atoms with Gasteiger partial charge in [0.05, 0.1) is 32.8 Å². The van der Waals surface area contributed by atoms with Crippen LogP contribution in [0.5, 0.6) is 0 Å². The van der Waals surface area contributed by atoms with Crippen LogP contribution in [0.4, 0.5) is 10.5 Å². The van der Waals surface area contributed by atoms with Gasteiger partial charge >= 0.3 is 6.03 Å². The van der Waals surface area contributed by atoms with Crippen LogP contribution in [0.1, 0.15) is 12.8 Å². The summed E-state index contributed by atoms with van der Waals surface area (Å²) in [7, 11) is 1.69. The van der Waals surface area contributed by atoms with Gasteiger partial charge in [-0.05, 0) is 40.9 Å². The van der Waals surface area contributed by atoms with E-state index < -0.39 is 0 Å². The van der Waals surface area contributed by atoms with E-state index in [-0.39, 0.29) is 18.2 Å². The summed E-state index contributed by atoms with van der Waals surface area (Å²) in [5, 5.41) is 5.63. The number of rotatable bonds is 4. The lowest BCUT2D eigenvalue weighted by Crippen LogP contribution is -2.48. The fraction of sp³-hybridized carbons (Fsp3) is 0.357. The van der Waals surface area contributed by atoms with Gasteiger partial charge in [-0.15, -0.1) is 11.3 Å². The molecule has 0 bridgehead atoms. The summed E-state index contributed by atoms with van der Waals surface area (Å²) in [4.78, 5) is 21.4. The first-order valence-electron chi connectivity index (χ1n) is 6.82. The van der Waals surface area contributed by atoms with Crippen LogP contribution in [-0.2, 0) is 4.74 Å². The highest BCUT2D eigenvalue weighted by molar-refractivity contribution is 9.11. The number of hydrogen-bond acceptors (Lipinski definition) is 5. The monoisotopic (exact) mass is 382 g/mol. The van der Waals surface area contributed by atoms with Gasteiger partial charge < -0.3 is 15.4 Å². The maximum atomic E-state index is 11.8. The molecule has 0 atom stereocenters. The Morgan fingerprint density at radius 3 is 2.68 bits per heavy atom. The van der Waals surface area contributed by atoms with E-state index in [1.807, 2.05) is 12.1 Å². The van der Waals surface area contributed by atoms with Crippen LogP contribution in [0, 0.1) is 0 Å². The first-order valence-corrected chi connectivity index (χ1v) is 8.43. The Labute approximate surface area is 140 Å². The third-order valence-electron chi connectivity index (χ3n) is 3.47. The summed E-state index contributed by atoms with van der Waals surface area (Å²) in [6, 6.07) is 3.84. The van der Waals surface area contributed by atoms with Crippen molar-refractivity contribution in [2.45, 2.75) is 25.0 Å². The normalized spacial score (nSPS) is 20.3. The Balaban J connectivity index is 1.54.